The quantitative estimate of drug-likeness (QED) is 0.838. The van der Waals surface area contributed by atoms with Gasteiger partial charge in [0.05, 0.1) is 38.8 Å². The maximum absolute atomic E-state index is 12.4. The zero-order chi connectivity index (χ0) is 16.6. The summed E-state index contributed by atoms with van der Waals surface area (Å²) >= 11 is 5.93. The molecule has 0 unspecified atom stereocenters. The van der Waals surface area contributed by atoms with Gasteiger partial charge in [-0.1, -0.05) is 23.7 Å². The molecule has 0 aliphatic carbocycles. The second kappa shape index (κ2) is 6.11. The molecule has 1 aromatic rings. The van der Waals surface area contributed by atoms with Crippen LogP contribution in [0.3, 0.4) is 0 Å². The molecule has 0 aromatic heterocycles. The summed E-state index contributed by atoms with van der Waals surface area (Å²) in [5.74, 6) is -1.31. The van der Waals surface area contributed by atoms with Crippen LogP contribution in [-0.2, 0) is 23.8 Å². The van der Waals surface area contributed by atoms with Crippen LogP contribution in [0.25, 0.3) is 0 Å². The Labute approximate surface area is 139 Å². The number of rotatable bonds is 3. The fourth-order valence-electron chi connectivity index (χ4n) is 3.51. The molecule has 1 N–H and O–H groups in total. The van der Waals surface area contributed by atoms with Crippen LogP contribution in [0.1, 0.15) is 11.6 Å². The molecule has 3 rings (SSSR count). The van der Waals surface area contributed by atoms with Crippen molar-refractivity contribution in [2.24, 2.45) is 11.3 Å². The lowest BCUT2D eigenvalue weighted by molar-refractivity contribution is -0.183. The maximum Gasteiger partial charge on any atom is 0.323 e. The molecule has 2 saturated heterocycles. The number of halogens is 1. The third kappa shape index (κ3) is 2.51. The van der Waals surface area contributed by atoms with Gasteiger partial charge >= 0.3 is 11.9 Å². The monoisotopic (exact) mass is 339 g/mol. The molecule has 3 atom stereocenters. The van der Waals surface area contributed by atoms with Crippen molar-refractivity contribution in [1.29, 1.82) is 0 Å². The molecule has 0 radical (unpaired) electrons. The van der Waals surface area contributed by atoms with Crippen molar-refractivity contribution in [2.45, 2.75) is 12.1 Å². The number of carbonyl (C=O) groups excluding carboxylic acids is 2. The van der Waals surface area contributed by atoms with Crippen LogP contribution in [0.15, 0.2) is 24.3 Å². The predicted octanol–water partition coefficient (Wildman–Crippen LogP) is 1.33. The molecule has 0 bridgehead atoms. The number of benzene rings is 1. The van der Waals surface area contributed by atoms with E-state index in [1.807, 2.05) is 12.1 Å². The summed E-state index contributed by atoms with van der Waals surface area (Å²) in [5, 5.41) is 3.84. The Morgan fingerprint density at radius 1 is 1.17 bits per heavy atom. The minimum absolute atomic E-state index is 0.309. The third-order valence-corrected chi connectivity index (χ3v) is 4.99. The van der Waals surface area contributed by atoms with Crippen molar-refractivity contribution in [2.75, 3.05) is 27.4 Å². The average Bonchev–Trinajstić information content (AvgIpc) is 2.90. The molecule has 6 nitrogen and oxygen atoms in total. The van der Waals surface area contributed by atoms with E-state index < -0.39 is 23.3 Å². The Morgan fingerprint density at radius 3 is 2.26 bits per heavy atom. The highest BCUT2D eigenvalue weighted by Gasteiger charge is 2.65. The first-order valence-electron chi connectivity index (χ1n) is 7.28. The number of nitrogens with one attached hydrogen (secondary N) is 1. The van der Waals surface area contributed by atoms with Crippen molar-refractivity contribution in [3.63, 3.8) is 0 Å². The Kier molecular flexibility index (Phi) is 4.31. The Balaban J connectivity index is 2.02. The molecule has 7 heteroatoms. The number of esters is 2. The molecule has 124 valence electrons. The molecule has 0 saturated carbocycles. The van der Waals surface area contributed by atoms with Crippen LogP contribution in [-0.4, -0.2) is 45.4 Å². The van der Waals surface area contributed by atoms with E-state index in [-0.39, 0.29) is 12.0 Å². The molecule has 23 heavy (non-hydrogen) atoms. The number of carbonyl (C=O) groups is 2. The molecular formula is C16H18ClNO5. The molecule has 2 aliphatic heterocycles. The summed E-state index contributed by atoms with van der Waals surface area (Å²) in [6.45, 7) is 0.618. The first-order valence-corrected chi connectivity index (χ1v) is 7.66. The Bertz CT molecular complexity index is 613. The zero-order valence-corrected chi connectivity index (χ0v) is 13.6. The van der Waals surface area contributed by atoms with Crippen LogP contribution in [0.4, 0.5) is 0 Å². The van der Waals surface area contributed by atoms with Gasteiger partial charge < -0.3 is 14.2 Å². The van der Waals surface area contributed by atoms with Crippen LogP contribution in [0.5, 0.6) is 0 Å². The van der Waals surface area contributed by atoms with Crippen molar-refractivity contribution >= 4 is 23.5 Å². The zero-order valence-electron chi connectivity index (χ0n) is 12.9. The lowest BCUT2D eigenvalue weighted by atomic mass is 9.68. The highest BCUT2D eigenvalue weighted by Crippen LogP contribution is 2.51. The molecule has 0 amide bonds. The number of methoxy groups -OCH3 is 2. The van der Waals surface area contributed by atoms with Gasteiger partial charge in [-0.05, 0) is 17.7 Å². The minimum Gasteiger partial charge on any atom is -0.469 e. The largest absolute Gasteiger partial charge is 0.469 e. The first kappa shape index (κ1) is 16.2. The highest BCUT2D eigenvalue weighted by molar-refractivity contribution is 6.30. The normalized spacial score (nSPS) is 28.2. The van der Waals surface area contributed by atoms with Gasteiger partial charge in [-0.3, -0.25) is 14.9 Å². The lowest BCUT2D eigenvalue weighted by Gasteiger charge is -2.44. The molecule has 1 aromatic carbocycles. The van der Waals surface area contributed by atoms with Gasteiger partial charge in [0.15, 0.2) is 0 Å². The van der Waals surface area contributed by atoms with E-state index in [0.29, 0.717) is 18.2 Å². The second-order valence-corrected chi connectivity index (χ2v) is 6.32. The van der Waals surface area contributed by atoms with E-state index in [1.54, 1.807) is 12.1 Å². The van der Waals surface area contributed by atoms with Gasteiger partial charge in [-0.15, -0.1) is 0 Å². The van der Waals surface area contributed by atoms with Crippen LogP contribution >= 0.6 is 11.6 Å². The van der Waals surface area contributed by atoms with E-state index in [2.05, 4.69) is 5.32 Å². The van der Waals surface area contributed by atoms with Crippen LogP contribution in [0.2, 0.25) is 5.02 Å². The van der Waals surface area contributed by atoms with Crippen LogP contribution < -0.4 is 5.32 Å². The molecule has 2 aliphatic rings. The van der Waals surface area contributed by atoms with Crippen molar-refractivity contribution in [1.82, 2.24) is 5.32 Å². The van der Waals surface area contributed by atoms with Gasteiger partial charge in [0.25, 0.3) is 0 Å². The van der Waals surface area contributed by atoms with Crippen molar-refractivity contribution in [3.8, 4) is 0 Å². The standard InChI is InChI=1S/C16H18ClNO5/c1-21-14(19)11-12(9-3-5-10(17)6-4-9)18-13(15(20)22-2)16(11)7-23-8-16/h3-6,11-13,18H,7-8H2,1-2H3/t11-,12+,13-/m1/s1. The molecule has 1 spiro atoms. The number of hydrogen-bond acceptors (Lipinski definition) is 6. The average molecular weight is 340 g/mol. The van der Waals surface area contributed by atoms with E-state index >= 15 is 0 Å². The minimum atomic E-state index is -0.648. The van der Waals surface area contributed by atoms with Gasteiger partial charge in [-0.25, -0.2) is 0 Å². The van der Waals surface area contributed by atoms with Crippen molar-refractivity contribution < 1.29 is 23.8 Å². The fourth-order valence-corrected chi connectivity index (χ4v) is 3.64. The van der Waals surface area contributed by atoms with Gasteiger partial charge in [-0.2, -0.15) is 0 Å². The van der Waals surface area contributed by atoms with Gasteiger partial charge in [0.1, 0.15) is 6.04 Å². The van der Waals surface area contributed by atoms with Crippen LogP contribution in [0, 0.1) is 11.3 Å². The summed E-state index contributed by atoms with van der Waals surface area (Å²) in [4.78, 5) is 24.6. The molecule has 2 heterocycles. The molecular weight excluding hydrogens is 322 g/mol. The lowest BCUT2D eigenvalue weighted by Crippen LogP contribution is -2.58. The van der Waals surface area contributed by atoms with E-state index in [1.165, 1.54) is 14.2 Å². The first-order chi connectivity index (χ1) is 11.0. The summed E-state index contributed by atoms with van der Waals surface area (Å²) < 4.78 is 15.2. The summed E-state index contributed by atoms with van der Waals surface area (Å²) in [7, 11) is 2.68. The van der Waals surface area contributed by atoms with E-state index in [4.69, 9.17) is 25.8 Å². The predicted molar refractivity (Wildman–Crippen MR) is 81.9 cm³/mol. The molecule has 2 fully saturated rings. The smallest absolute Gasteiger partial charge is 0.323 e. The summed E-state index contributed by atoms with van der Waals surface area (Å²) in [6.07, 6.45) is 0. The summed E-state index contributed by atoms with van der Waals surface area (Å²) in [6, 6.07) is 6.19. The Morgan fingerprint density at radius 2 is 1.78 bits per heavy atom. The SMILES string of the molecule is COC(=O)[C@H]1N[C@@H](c2ccc(Cl)cc2)[C@H](C(=O)OC)C12COC2. The van der Waals surface area contributed by atoms with Gasteiger partial charge in [0.2, 0.25) is 0 Å². The van der Waals surface area contributed by atoms with E-state index in [0.717, 1.165) is 5.56 Å². The fraction of sp³-hybridized carbons (Fsp3) is 0.500. The van der Waals surface area contributed by atoms with Gasteiger partial charge in [0, 0.05) is 11.1 Å². The number of hydrogen-bond donors (Lipinski definition) is 1. The maximum atomic E-state index is 12.4. The van der Waals surface area contributed by atoms with E-state index in [9.17, 15) is 9.59 Å². The topological polar surface area (TPSA) is 73.9 Å². The third-order valence-electron chi connectivity index (χ3n) is 4.74. The van der Waals surface area contributed by atoms with Crippen molar-refractivity contribution in [3.05, 3.63) is 34.9 Å². The Hall–Kier alpha value is -1.63. The second-order valence-electron chi connectivity index (χ2n) is 5.88. The number of ether oxygens (including phenoxy) is 3. The highest BCUT2D eigenvalue weighted by atomic mass is 35.5. The summed E-state index contributed by atoms with van der Waals surface area (Å²) in [5.41, 5.74) is 0.215.